The summed E-state index contributed by atoms with van der Waals surface area (Å²) < 4.78 is 31.7. The average Bonchev–Trinajstić information content (AvgIpc) is 3.55. The van der Waals surface area contributed by atoms with Crippen molar-refractivity contribution in [3.63, 3.8) is 0 Å². The van der Waals surface area contributed by atoms with Crippen LogP contribution >= 0.6 is 0 Å². The van der Waals surface area contributed by atoms with Crippen LogP contribution in [-0.4, -0.2) is 63.5 Å². The number of H-pyrrole nitrogens is 1. The monoisotopic (exact) mass is 572 g/mol. The minimum Gasteiger partial charge on any atom is -0.475 e. The number of likely N-dealkylation sites (tertiary alicyclic amines) is 1. The lowest BCUT2D eigenvalue weighted by molar-refractivity contribution is -0.192. The summed E-state index contributed by atoms with van der Waals surface area (Å²) in [5.41, 5.74) is 9.64. The molecule has 2 atom stereocenters. The molecule has 3 amide bonds. The van der Waals surface area contributed by atoms with Crippen LogP contribution in [0.5, 0.6) is 0 Å². The lowest BCUT2D eigenvalue weighted by atomic mass is 10.0. The molecule has 0 bridgehead atoms. The van der Waals surface area contributed by atoms with Crippen molar-refractivity contribution in [2.45, 2.75) is 44.4 Å². The summed E-state index contributed by atoms with van der Waals surface area (Å²) in [7, 11) is 0. The van der Waals surface area contributed by atoms with Gasteiger partial charge in [0.25, 0.3) is 0 Å². The standard InChI is InChI=1S/C25H26N6O3.C2HF3O2/c1-15(32)16-4-6-18(7-5-16)29-25(34)30-19-8-9-23-21(12-19)17(14-28-23)11-22(27)24(33)31-10-2-3-20(31)13-26;3-2(4,5)1(6)7/h4-9,12,14,20,22,28H,2-3,10-11,27H2,1H3,(H2,29,30,34);(H,6,7). The molecule has 1 aliphatic rings. The molecule has 41 heavy (non-hydrogen) atoms. The van der Waals surface area contributed by atoms with Crippen LogP contribution in [-0.2, 0) is 16.0 Å². The van der Waals surface area contributed by atoms with Crippen LogP contribution in [0, 0.1) is 11.3 Å². The number of hydrogen-bond donors (Lipinski definition) is 5. The minimum atomic E-state index is -5.08. The number of carboxylic acids is 1. The van der Waals surface area contributed by atoms with E-state index < -0.39 is 30.3 Å². The Morgan fingerprint density at radius 3 is 2.34 bits per heavy atom. The van der Waals surface area contributed by atoms with Gasteiger partial charge in [0.15, 0.2) is 5.78 Å². The number of nitriles is 1. The van der Waals surface area contributed by atoms with E-state index in [1.54, 1.807) is 35.2 Å². The molecule has 3 aromatic rings. The number of alkyl halides is 3. The van der Waals surface area contributed by atoms with Gasteiger partial charge in [-0.3, -0.25) is 9.59 Å². The number of urea groups is 1. The molecule has 0 aliphatic carbocycles. The maximum absolute atomic E-state index is 12.8. The second kappa shape index (κ2) is 13.0. The summed E-state index contributed by atoms with van der Waals surface area (Å²) in [5.74, 6) is -3.02. The van der Waals surface area contributed by atoms with Gasteiger partial charge in [0.05, 0.1) is 12.1 Å². The van der Waals surface area contributed by atoms with Gasteiger partial charge in [0, 0.05) is 40.6 Å². The largest absolute Gasteiger partial charge is 0.490 e. The smallest absolute Gasteiger partial charge is 0.475 e. The van der Waals surface area contributed by atoms with Crippen LogP contribution in [0.2, 0.25) is 0 Å². The van der Waals surface area contributed by atoms with Crippen LogP contribution in [0.3, 0.4) is 0 Å². The number of carbonyl (C=O) groups is 4. The summed E-state index contributed by atoms with van der Waals surface area (Å²) in [6.07, 6.45) is -1.47. The lowest BCUT2D eigenvalue weighted by Crippen LogP contribution is -2.46. The van der Waals surface area contributed by atoms with Crippen molar-refractivity contribution in [1.82, 2.24) is 9.88 Å². The summed E-state index contributed by atoms with van der Waals surface area (Å²) >= 11 is 0. The Hall–Kier alpha value is -4.90. The second-order valence-corrected chi connectivity index (χ2v) is 9.22. The quantitative estimate of drug-likeness (QED) is 0.276. The lowest BCUT2D eigenvalue weighted by Gasteiger charge is -2.23. The predicted octanol–water partition coefficient (Wildman–Crippen LogP) is 4.03. The van der Waals surface area contributed by atoms with Crippen molar-refractivity contribution in [2.24, 2.45) is 5.73 Å². The van der Waals surface area contributed by atoms with Crippen LogP contribution in [0.25, 0.3) is 10.9 Å². The normalized spacial score (nSPS) is 15.3. The number of fused-ring (bicyclic) bond motifs is 1. The first-order valence-corrected chi connectivity index (χ1v) is 12.3. The summed E-state index contributed by atoms with van der Waals surface area (Å²) in [6, 6.07) is 12.7. The number of benzene rings is 2. The zero-order valence-electron chi connectivity index (χ0n) is 21.8. The molecule has 1 saturated heterocycles. The molecule has 6 N–H and O–H groups in total. The molecule has 0 spiro atoms. The molecular formula is C27H27F3N6O5. The van der Waals surface area contributed by atoms with Gasteiger partial charge in [-0.05, 0) is 74.2 Å². The molecular weight excluding hydrogens is 545 g/mol. The molecule has 1 aliphatic heterocycles. The van der Waals surface area contributed by atoms with Crippen molar-refractivity contribution < 1.29 is 37.5 Å². The number of Topliss-reactive ketones (excluding diaryl/α,β-unsaturated/α-hetero) is 1. The van der Waals surface area contributed by atoms with E-state index in [-0.39, 0.29) is 11.7 Å². The van der Waals surface area contributed by atoms with Crippen LogP contribution < -0.4 is 16.4 Å². The summed E-state index contributed by atoms with van der Waals surface area (Å²) in [4.78, 5) is 50.2. The number of nitrogens with one attached hydrogen (secondary N) is 3. The van der Waals surface area contributed by atoms with Crippen molar-refractivity contribution in [2.75, 3.05) is 17.2 Å². The fourth-order valence-electron chi connectivity index (χ4n) is 4.21. The number of carboxylic acid groups (broad SMARTS) is 1. The maximum Gasteiger partial charge on any atom is 0.490 e. The van der Waals surface area contributed by atoms with Crippen molar-refractivity contribution >= 4 is 46.0 Å². The topological polar surface area (TPSA) is 181 Å². The zero-order chi connectivity index (χ0) is 30.3. The van der Waals surface area contributed by atoms with Crippen molar-refractivity contribution in [3.8, 4) is 6.07 Å². The Kier molecular flexibility index (Phi) is 9.69. The van der Waals surface area contributed by atoms with Gasteiger partial charge in [-0.2, -0.15) is 18.4 Å². The Bertz CT molecular complexity index is 1480. The molecule has 1 fully saturated rings. The molecule has 0 radical (unpaired) electrons. The summed E-state index contributed by atoms with van der Waals surface area (Å²) in [6.45, 7) is 2.04. The predicted molar refractivity (Wildman–Crippen MR) is 143 cm³/mol. The fraction of sp³-hybridized carbons (Fsp3) is 0.296. The van der Waals surface area contributed by atoms with Gasteiger partial charge in [0.2, 0.25) is 5.91 Å². The van der Waals surface area contributed by atoms with E-state index in [2.05, 4.69) is 21.7 Å². The van der Waals surface area contributed by atoms with Gasteiger partial charge >= 0.3 is 18.2 Å². The highest BCUT2D eigenvalue weighted by Crippen LogP contribution is 2.25. The number of nitrogens with two attached hydrogens (primary N) is 1. The number of hydrogen-bond acceptors (Lipinski definition) is 6. The van der Waals surface area contributed by atoms with Gasteiger partial charge < -0.3 is 31.4 Å². The minimum absolute atomic E-state index is 0.0432. The molecule has 14 heteroatoms. The Labute approximate surface area is 232 Å². The van der Waals surface area contributed by atoms with E-state index in [0.717, 1.165) is 22.9 Å². The van der Waals surface area contributed by atoms with Crippen molar-refractivity contribution in [1.29, 1.82) is 5.26 Å². The SMILES string of the molecule is CC(=O)c1ccc(NC(=O)Nc2ccc3[nH]cc(CC(N)C(=O)N4CCCC4C#N)c3c2)cc1.O=C(O)C(F)(F)F. The third-order valence-electron chi connectivity index (χ3n) is 6.26. The number of halogens is 3. The van der Waals surface area contributed by atoms with E-state index in [1.807, 2.05) is 18.3 Å². The molecule has 11 nitrogen and oxygen atoms in total. The van der Waals surface area contributed by atoms with E-state index >= 15 is 0 Å². The number of aromatic amines is 1. The summed E-state index contributed by atoms with van der Waals surface area (Å²) in [5, 5.41) is 22.8. The van der Waals surface area contributed by atoms with Gasteiger partial charge in [0.1, 0.15) is 6.04 Å². The second-order valence-electron chi connectivity index (χ2n) is 9.22. The van der Waals surface area contributed by atoms with E-state index in [1.165, 1.54) is 6.92 Å². The Balaban J connectivity index is 0.000000587. The number of carbonyl (C=O) groups excluding carboxylic acids is 3. The van der Waals surface area contributed by atoms with Gasteiger partial charge in [-0.25, -0.2) is 9.59 Å². The van der Waals surface area contributed by atoms with E-state index in [4.69, 9.17) is 15.6 Å². The highest BCUT2D eigenvalue weighted by Gasteiger charge is 2.38. The molecule has 216 valence electrons. The van der Waals surface area contributed by atoms with E-state index in [0.29, 0.717) is 36.3 Å². The van der Waals surface area contributed by atoms with E-state index in [9.17, 15) is 32.8 Å². The van der Waals surface area contributed by atoms with Gasteiger partial charge in [-0.1, -0.05) is 0 Å². The Morgan fingerprint density at radius 1 is 1.15 bits per heavy atom. The van der Waals surface area contributed by atoms with Crippen LogP contribution in [0.15, 0.2) is 48.7 Å². The molecule has 4 rings (SSSR count). The van der Waals surface area contributed by atoms with Gasteiger partial charge in [-0.15, -0.1) is 0 Å². The Morgan fingerprint density at radius 2 is 1.76 bits per heavy atom. The number of nitrogens with zero attached hydrogens (tertiary/aromatic N) is 2. The fourth-order valence-corrected chi connectivity index (χ4v) is 4.21. The van der Waals surface area contributed by atoms with Crippen molar-refractivity contribution in [3.05, 3.63) is 59.8 Å². The highest BCUT2D eigenvalue weighted by atomic mass is 19.4. The molecule has 1 aromatic heterocycles. The highest BCUT2D eigenvalue weighted by molar-refractivity contribution is 6.02. The average molecular weight is 573 g/mol. The zero-order valence-corrected chi connectivity index (χ0v) is 21.8. The molecule has 2 heterocycles. The number of rotatable bonds is 6. The molecule has 2 aromatic carbocycles. The van der Waals surface area contributed by atoms with Crippen LogP contribution in [0.1, 0.15) is 35.7 Å². The third kappa shape index (κ3) is 8.05. The number of amides is 3. The first-order chi connectivity index (χ1) is 19.3. The molecule has 0 saturated carbocycles. The first kappa shape index (κ1) is 30.6. The number of aromatic nitrogens is 1. The number of ketones is 1. The van der Waals surface area contributed by atoms with Crippen LogP contribution in [0.4, 0.5) is 29.3 Å². The third-order valence-corrected chi connectivity index (χ3v) is 6.26. The molecule has 2 unspecified atom stereocenters. The number of anilines is 2. The first-order valence-electron chi connectivity index (χ1n) is 12.3. The maximum atomic E-state index is 12.8. The number of aliphatic carboxylic acids is 1.